The molecule has 1 heterocycles. The molecule has 2 bridgehead atoms. The van der Waals surface area contributed by atoms with E-state index in [4.69, 9.17) is 0 Å². The molecule has 5 rings (SSSR count). The van der Waals surface area contributed by atoms with Crippen molar-refractivity contribution in [2.45, 2.75) is 6.42 Å². The Balaban J connectivity index is 1.35. The van der Waals surface area contributed by atoms with E-state index in [0.717, 1.165) is 6.42 Å². The second-order valence-electron chi connectivity index (χ2n) is 7.86. The summed E-state index contributed by atoms with van der Waals surface area (Å²) in [7, 11) is 0. The molecule has 0 aromatic heterocycles. The van der Waals surface area contributed by atoms with E-state index in [9.17, 15) is 24.3 Å². The lowest BCUT2D eigenvalue weighted by Crippen LogP contribution is -2.32. The van der Waals surface area contributed by atoms with E-state index in [1.807, 2.05) is 12.2 Å². The number of hydrogen-bond donors (Lipinski definition) is 2. The number of para-hydroxylation sites is 1. The Morgan fingerprint density at radius 3 is 2.10 bits per heavy atom. The van der Waals surface area contributed by atoms with Gasteiger partial charge in [-0.05, 0) is 54.7 Å². The molecule has 1 aliphatic heterocycles. The maximum atomic E-state index is 12.9. The number of nitrogens with one attached hydrogen (secondary N) is 1. The van der Waals surface area contributed by atoms with E-state index in [0.29, 0.717) is 11.3 Å². The number of nitrogens with zero attached hydrogens (tertiary/aromatic N) is 1. The van der Waals surface area contributed by atoms with Crippen molar-refractivity contribution in [1.82, 2.24) is 0 Å². The fraction of sp³-hybridized carbons (Fsp3) is 0.217. The number of carboxylic acids is 1. The number of aromatic carboxylic acids is 1. The molecule has 3 amide bonds. The van der Waals surface area contributed by atoms with Crippen LogP contribution in [0.25, 0.3) is 0 Å². The highest BCUT2D eigenvalue weighted by atomic mass is 16.4. The van der Waals surface area contributed by atoms with Gasteiger partial charge in [-0.25, -0.2) is 4.79 Å². The standard InChI is InChI=1S/C23H18N2O5/c26-20(24-17-4-2-1-3-16(17)23(29)30)12-7-9-15(10-8-12)25-21(27)18-13-5-6-14(11-13)19(18)22(25)28/h1-10,13-14,18-19H,11H2,(H,24,26)(H,29,30)/t13-,14+,18+,19-. The topological polar surface area (TPSA) is 104 Å². The predicted octanol–water partition coefficient (Wildman–Crippen LogP) is 2.95. The summed E-state index contributed by atoms with van der Waals surface area (Å²) in [5, 5.41) is 11.8. The van der Waals surface area contributed by atoms with Crippen molar-refractivity contribution in [3.05, 3.63) is 71.8 Å². The molecule has 0 radical (unpaired) electrons. The molecule has 1 saturated carbocycles. The van der Waals surface area contributed by atoms with Gasteiger partial charge in [0.05, 0.1) is 28.8 Å². The molecule has 2 aromatic rings. The van der Waals surface area contributed by atoms with Gasteiger partial charge in [0.15, 0.2) is 0 Å². The van der Waals surface area contributed by atoms with Gasteiger partial charge in [0.25, 0.3) is 5.91 Å². The normalized spacial score (nSPS) is 26.2. The first-order chi connectivity index (χ1) is 14.5. The van der Waals surface area contributed by atoms with Crippen LogP contribution in [0, 0.1) is 23.7 Å². The van der Waals surface area contributed by atoms with Gasteiger partial charge >= 0.3 is 5.97 Å². The molecule has 7 nitrogen and oxygen atoms in total. The molecule has 1 saturated heterocycles. The highest BCUT2D eigenvalue weighted by Gasteiger charge is 2.59. The molecule has 2 aromatic carbocycles. The van der Waals surface area contributed by atoms with Crippen LogP contribution in [0.1, 0.15) is 27.1 Å². The lowest BCUT2D eigenvalue weighted by atomic mass is 9.85. The van der Waals surface area contributed by atoms with E-state index < -0.39 is 11.9 Å². The highest BCUT2D eigenvalue weighted by molar-refractivity contribution is 6.23. The number of hydrogen-bond acceptors (Lipinski definition) is 4. The maximum absolute atomic E-state index is 12.9. The number of allylic oxidation sites excluding steroid dienone is 2. The number of fused-ring (bicyclic) bond motifs is 5. The number of benzene rings is 2. The van der Waals surface area contributed by atoms with Gasteiger partial charge in [0, 0.05) is 5.56 Å². The first-order valence-electron chi connectivity index (χ1n) is 9.75. The van der Waals surface area contributed by atoms with Crippen LogP contribution in [0.5, 0.6) is 0 Å². The van der Waals surface area contributed by atoms with Crippen molar-refractivity contribution < 1.29 is 24.3 Å². The highest BCUT2D eigenvalue weighted by Crippen LogP contribution is 2.53. The average molecular weight is 402 g/mol. The van der Waals surface area contributed by atoms with Crippen LogP contribution in [-0.4, -0.2) is 28.8 Å². The Morgan fingerprint density at radius 1 is 0.900 bits per heavy atom. The van der Waals surface area contributed by atoms with Gasteiger partial charge in [0.2, 0.25) is 11.8 Å². The van der Waals surface area contributed by atoms with Gasteiger partial charge in [0.1, 0.15) is 0 Å². The monoisotopic (exact) mass is 402 g/mol. The number of amides is 3. The van der Waals surface area contributed by atoms with Crippen molar-refractivity contribution in [3.8, 4) is 0 Å². The van der Waals surface area contributed by atoms with Gasteiger partial charge in [-0.15, -0.1) is 0 Å². The SMILES string of the molecule is O=C(Nc1ccccc1C(=O)O)c1ccc(N2C(=O)[C@@H]3[C@H](C2=O)[C@H]2C=C[C@@H]3C2)cc1. The largest absolute Gasteiger partial charge is 0.478 e. The van der Waals surface area contributed by atoms with Crippen LogP contribution in [0.2, 0.25) is 0 Å². The number of anilines is 2. The molecule has 0 unspecified atom stereocenters. The van der Waals surface area contributed by atoms with E-state index in [1.165, 1.54) is 29.2 Å². The van der Waals surface area contributed by atoms with Crippen molar-refractivity contribution in [1.29, 1.82) is 0 Å². The van der Waals surface area contributed by atoms with Crippen molar-refractivity contribution in [3.63, 3.8) is 0 Å². The summed E-state index contributed by atoms with van der Waals surface area (Å²) in [4.78, 5) is 50.9. The Hall–Kier alpha value is -3.74. The van der Waals surface area contributed by atoms with Crippen molar-refractivity contribution in [2.24, 2.45) is 23.7 Å². The Morgan fingerprint density at radius 2 is 1.50 bits per heavy atom. The van der Waals surface area contributed by atoms with Crippen LogP contribution in [0.15, 0.2) is 60.7 Å². The summed E-state index contributed by atoms with van der Waals surface area (Å²) < 4.78 is 0. The predicted molar refractivity (Wildman–Crippen MR) is 108 cm³/mol. The van der Waals surface area contributed by atoms with Crippen LogP contribution >= 0.6 is 0 Å². The van der Waals surface area contributed by atoms with Crippen LogP contribution in [-0.2, 0) is 9.59 Å². The van der Waals surface area contributed by atoms with Crippen molar-refractivity contribution in [2.75, 3.05) is 10.2 Å². The molecule has 4 atom stereocenters. The third-order valence-corrected chi connectivity index (χ3v) is 6.26. The second-order valence-corrected chi connectivity index (χ2v) is 7.86. The average Bonchev–Trinajstić information content (AvgIpc) is 3.42. The zero-order chi connectivity index (χ0) is 21.0. The third kappa shape index (κ3) is 2.66. The summed E-state index contributed by atoms with van der Waals surface area (Å²) in [5.74, 6) is -2.23. The Bertz CT molecular complexity index is 1090. The van der Waals surface area contributed by atoms with Gasteiger partial charge in [-0.2, -0.15) is 0 Å². The van der Waals surface area contributed by atoms with Gasteiger partial charge < -0.3 is 10.4 Å². The zero-order valence-electron chi connectivity index (χ0n) is 15.8. The molecule has 0 spiro atoms. The lowest BCUT2D eigenvalue weighted by Gasteiger charge is -2.17. The second kappa shape index (κ2) is 6.66. The van der Waals surface area contributed by atoms with Crippen LogP contribution in [0.4, 0.5) is 11.4 Å². The summed E-state index contributed by atoms with van der Waals surface area (Å²) in [5.41, 5.74) is 0.923. The fourth-order valence-corrected chi connectivity index (χ4v) is 4.89. The minimum Gasteiger partial charge on any atom is -0.478 e. The summed E-state index contributed by atoms with van der Waals surface area (Å²) in [6, 6.07) is 12.3. The number of carbonyl (C=O) groups is 4. The van der Waals surface area contributed by atoms with E-state index >= 15 is 0 Å². The Labute approximate surface area is 172 Å². The quantitative estimate of drug-likeness (QED) is 0.605. The number of rotatable bonds is 4. The zero-order valence-corrected chi connectivity index (χ0v) is 15.8. The molecule has 2 N–H and O–H groups in total. The molecule has 150 valence electrons. The van der Waals surface area contributed by atoms with E-state index in [-0.39, 0.29) is 46.7 Å². The summed E-state index contributed by atoms with van der Waals surface area (Å²) in [6.07, 6.45) is 4.96. The smallest absolute Gasteiger partial charge is 0.337 e. The number of carbonyl (C=O) groups excluding carboxylic acids is 3. The van der Waals surface area contributed by atoms with Crippen molar-refractivity contribution >= 4 is 35.1 Å². The molecular formula is C23H18N2O5. The van der Waals surface area contributed by atoms with Gasteiger partial charge in [-0.1, -0.05) is 24.3 Å². The van der Waals surface area contributed by atoms with Crippen LogP contribution < -0.4 is 10.2 Å². The first kappa shape index (κ1) is 18.3. The lowest BCUT2D eigenvalue weighted by molar-refractivity contribution is -0.123. The summed E-state index contributed by atoms with van der Waals surface area (Å²) in [6.45, 7) is 0. The number of imide groups is 1. The molecular weight excluding hydrogens is 384 g/mol. The minimum atomic E-state index is -1.14. The molecule has 2 fully saturated rings. The summed E-state index contributed by atoms with van der Waals surface area (Å²) >= 11 is 0. The molecule has 3 aliphatic rings. The van der Waals surface area contributed by atoms with E-state index in [1.54, 1.807) is 24.3 Å². The van der Waals surface area contributed by atoms with Gasteiger partial charge in [-0.3, -0.25) is 19.3 Å². The Kier molecular flexibility index (Phi) is 4.06. The number of carboxylic acid groups (broad SMARTS) is 1. The van der Waals surface area contributed by atoms with Crippen LogP contribution in [0.3, 0.4) is 0 Å². The molecule has 2 aliphatic carbocycles. The maximum Gasteiger partial charge on any atom is 0.337 e. The minimum absolute atomic E-state index is 0.00879. The first-order valence-corrected chi connectivity index (χ1v) is 9.75. The third-order valence-electron chi connectivity index (χ3n) is 6.26. The van der Waals surface area contributed by atoms with E-state index in [2.05, 4.69) is 5.32 Å². The molecule has 7 heteroatoms. The fourth-order valence-electron chi connectivity index (χ4n) is 4.89. The molecule has 30 heavy (non-hydrogen) atoms.